The highest BCUT2D eigenvalue weighted by Gasteiger charge is 2.33. The molecule has 2 aromatic rings. The topological polar surface area (TPSA) is 66.8 Å². The number of aliphatic hydroxyl groups is 1. The van der Waals surface area contributed by atoms with Crippen molar-refractivity contribution in [3.05, 3.63) is 64.7 Å². The second kappa shape index (κ2) is 9.90. The number of piperidine rings is 1. The molecular formula is C23H26ClNO4. The largest absolute Gasteiger partial charge is 0.497 e. The number of hydrogen-bond acceptors (Lipinski definition) is 4. The number of ketones is 1. The first-order valence-electron chi connectivity index (χ1n) is 9.79. The Morgan fingerprint density at radius 3 is 2.45 bits per heavy atom. The van der Waals surface area contributed by atoms with Crippen LogP contribution in [0.1, 0.15) is 29.9 Å². The molecule has 0 radical (unpaired) electrons. The number of carbonyl (C=O) groups excluding carboxylic acids is 2. The molecule has 1 unspecified atom stereocenters. The van der Waals surface area contributed by atoms with Crippen molar-refractivity contribution in [3.63, 3.8) is 0 Å². The first-order valence-corrected chi connectivity index (χ1v) is 10.2. The number of amides is 1. The highest BCUT2D eigenvalue weighted by Crippen LogP contribution is 2.36. The number of rotatable bonds is 7. The molecule has 1 heterocycles. The number of hydrogen-bond donors (Lipinski definition) is 1. The van der Waals surface area contributed by atoms with Crippen LogP contribution in [0.5, 0.6) is 5.75 Å². The molecule has 6 heteroatoms. The molecule has 2 aromatic carbocycles. The van der Waals surface area contributed by atoms with Crippen molar-refractivity contribution in [3.8, 4) is 5.75 Å². The van der Waals surface area contributed by atoms with Gasteiger partial charge in [0.05, 0.1) is 7.11 Å². The van der Waals surface area contributed by atoms with E-state index < -0.39 is 6.61 Å². The number of Topliss-reactive ketones (excluding diaryl/α,β-unsaturated/α-hetero) is 1. The first-order chi connectivity index (χ1) is 14.0. The Hall–Kier alpha value is -2.37. The number of methoxy groups -OCH3 is 1. The molecule has 0 aromatic heterocycles. The van der Waals surface area contributed by atoms with Crippen molar-refractivity contribution in [1.29, 1.82) is 0 Å². The van der Waals surface area contributed by atoms with Crippen LogP contribution in [0, 0.1) is 5.92 Å². The summed E-state index contributed by atoms with van der Waals surface area (Å²) >= 11 is 5.92. The van der Waals surface area contributed by atoms with E-state index in [4.69, 9.17) is 16.3 Å². The molecule has 1 saturated heterocycles. The highest BCUT2D eigenvalue weighted by molar-refractivity contribution is 6.30. The van der Waals surface area contributed by atoms with Crippen LogP contribution in [0.3, 0.4) is 0 Å². The van der Waals surface area contributed by atoms with Gasteiger partial charge in [0.1, 0.15) is 18.1 Å². The third-order valence-electron chi connectivity index (χ3n) is 5.57. The molecule has 2 atom stereocenters. The molecule has 1 aliphatic heterocycles. The van der Waals surface area contributed by atoms with Gasteiger partial charge in [-0.2, -0.15) is 0 Å². The van der Waals surface area contributed by atoms with E-state index in [1.54, 1.807) is 24.1 Å². The van der Waals surface area contributed by atoms with Crippen LogP contribution in [0.2, 0.25) is 5.02 Å². The normalized spacial score (nSPS) is 19.1. The van der Waals surface area contributed by atoms with Crippen molar-refractivity contribution in [2.45, 2.75) is 25.2 Å². The predicted molar refractivity (Wildman–Crippen MR) is 112 cm³/mol. The Morgan fingerprint density at radius 1 is 1.14 bits per heavy atom. The summed E-state index contributed by atoms with van der Waals surface area (Å²) in [6.07, 6.45) is 1.49. The van der Waals surface area contributed by atoms with Crippen molar-refractivity contribution >= 4 is 23.3 Å². The monoisotopic (exact) mass is 415 g/mol. The van der Waals surface area contributed by atoms with Crippen LogP contribution in [-0.4, -0.2) is 48.5 Å². The smallest absolute Gasteiger partial charge is 0.248 e. The quantitative estimate of drug-likeness (QED) is 0.751. The standard InChI is InChI=1S/C23H26ClNO4/c1-29-21-8-4-17(5-9-21)22-10-11-25(23(28)15-26)14-18(22)13-20(27)12-16-2-6-19(24)7-3-16/h2-9,18,22,26H,10-15H2,1H3/t18-,22?/m1/s1. The Balaban J connectivity index is 1.74. The summed E-state index contributed by atoms with van der Waals surface area (Å²) in [4.78, 5) is 26.5. The fourth-order valence-electron chi connectivity index (χ4n) is 4.05. The number of nitrogens with zero attached hydrogens (tertiary/aromatic N) is 1. The van der Waals surface area contributed by atoms with Gasteiger partial charge in [-0.1, -0.05) is 35.9 Å². The van der Waals surface area contributed by atoms with Gasteiger partial charge in [0.15, 0.2) is 0 Å². The van der Waals surface area contributed by atoms with Crippen LogP contribution >= 0.6 is 11.6 Å². The zero-order valence-corrected chi connectivity index (χ0v) is 17.3. The van der Waals surface area contributed by atoms with E-state index in [0.29, 0.717) is 31.0 Å². The van der Waals surface area contributed by atoms with Gasteiger partial charge in [0, 0.05) is 31.0 Å². The Labute approximate surface area is 176 Å². The summed E-state index contributed by atoms with van der Waals surface area (Å²) in [6, 6.07) is 15.2. The number of likely N-dealkylation sites (tertiary alicyclic amines) is 1. The maximum Gasteiger partial charge on any atom is 0.248 e. The van der Waals surface area contributed by atoms with Crippen LogP contribution in [0.15, 0.2) is 48.5 Å². The fourth-order valence-corrected chi connectivity index (χ4v) is 4.18. The average molecular weight is 416 g/mol. The minimum absolute atomic E-state index is 0.00689. The third kappa shape index (κ3) is 5.58. The molecule has 154 valence electrons. The lowest BCUT2D eigenvalue weighted by atomic mass is 9.77. The molecule has 1 aliphatic rings. The highest BCUT2D eigenvalue weighted by atomic mass is 35.5. The van der Waals surface area contributed by atoms with Gasteiger partial charge in [-0.3, -0.25) is 9.59 Å². The molecule has 1 amide bonds. The van der Waals surface area contributed by atoms with E-state index in [9.17, 15) is 14.7 Å². The number of halogens is 1. The van der Waals surface area contributed by atoms with Crippen LogP contribution in [-0.2, 0) is 16.0 Å². The van der Waals surface area contributed by atoms with Gasteiger partial charge in [-0.15, -0.1) is 0 Å². The summed E-state index contributed by atoms with van der Waals surface area (Å²) in [7, 11) is 1.63. The van der Waals surface area contributed by atoms with Gasteiger partial charge in [0.25, 0.3) is 0 Å². The van der Waals surface area contributed by atoms with E-state index in [1.807, 2.05) is 36.4 Å². The molecular weight excluding hydrogens is 390 g/mol. The lowest BCUT2D eigenvalue weighted by molar-refractivity contribution is -0.137. The van der Waals surface area contributed by atoms with E-state index >= 15 is 0 Å². The zero-order chi connectivity index (χ0) is 20.8. The molecule has 1 fully saturated rings. The molecule has 5 nitrogen and oxygen atoms in total. The van der Waals surface area contributed by atoms with Gasteiger partial charge < -0.3 is 14.7 Å². The van der Waals surface area contributed by atoms with Crippen LogP contribution in [0.25, 0.3) is 0 Å². The number of aliphatic hydroxyl groups excluding tert-OH is 1. The van der Waals surface area contributed by atoms with Gasteiger partial charge in [0.2, 0.25) is 5.91 Å². The minimum Gasteiger partial charge on any atom is -0.497 e. The molecule has 0 saturated carbocycles. The molecule has 0 aliphatic carbocycles. The predicted octanol–water partition coefficient (Wildman–Crippen LogP) is 3.47. The van der Waals surface area contributed by atoms with Crippen molar-refractivity contribution in [2.75, 3.05) is 26.8 Å². The molecule has 0 spiro atoms. The van der Waals surface area contributed by atoms with Crippen LogP contribution in [0.4, 0.5) is 0 Å². The first kappa shape index (κ1) is 21.3. The van der Waals surface area contributed by atoms with E-state index in [1.165, 1.54) is 0 Å². The Bertz CT molecular complexity index is 835. The number of carbonyl (C=O) groups is 2. The second-order valence-electron chi connectivity index (χ2n) is 7.47. The van der Waals surface area contributed by atoms with E-state index in [2.05, 4.69) is 0 Å². The number of ether oxygens (including phenoxy) is 1. The third-order valence-corrected chi connectivity index (χ3v) is 5.82. The fraction of sp³-hybridized carbons (Fsp3) is 0.391. The lowest BCUT2D eigenvalue weighted by Crippen LogP contribution is -2.44. The molecule has 29 heavy (non-hydrogen) atoms. The lowest BCUT2D eigenvalue weighted by Gasteiger charge is -2.38. The van der Waals surface area contributed by atoms with Gasteiger partial charge in [-0.25, -0.2) is 0 Å². The SMILES string of the molecule is COc1ccc(C2CCN(C(=O)CO)C[C@H]2CC(=O)Cc2ccc(Cl)cc2)cc1. The van der Waals surface area contributed by atoms with Crippen molar-refractivity contribution < 1.29 is 19.4 Å². The van der Waals surface area contributed by atoms with E-state index in [-0.39, 0.29) is 23.5 Å². The minimum atomic E-state index is -0.501. The van der Waals surface area contributed by atoms with Crippen LogP contribution < -0.4 is 4.74 Å². The maximum absolute atomic E-state index is 12.8. The summed E-state index contributed by atoms with van der Waals surface area (Å²) in [5.74, 6) is 0.824. The summed E-state index contributed by atoms with van der Waals surface area (Å²) in [5.41, 5.74) is 2.07. The summed E-state index contributed by atoms with van der Waals surface area (Å²) < 4.78 is 5.24. The van der Waals surface area contributed by atoms with Crippen molar-refractivity contribution in [2.24, 2.45) is 5.92 Å². The number of benzene rings is 2. The summed E-state index contributed by atoms with van der Waals surface area (Å²) in [6.45, 7) is 0.555. The maximum atomic E-state index is 12.8. The molecule has 1 N–H and O–H groups in total. The average Bonchev–Trinajstić information content (AvgIpc) is 2.75. The molecule has 0 bridgehead atoms. The molecule has 3 rings (SSSR count). The van der Waals surface area contributed by atoms with Gasteiger partial charge in [-0.05, 0) is 53.6 Å². The van der Waals surface area contributed by atoms with E-state index in [0.717, 1.165) is 23.3 Å². The van der Waals surface area contributed by atoms with Crippen molar-refractivity contribution in [1.82, 2.24) is 4.90 Å². The Kier molecular flexibility index (Phi) is 7.29. The zero-order valence-electron chi connectivity index (χ0n) is 16.5. The Morgan fingerprint density at radius 2 is 1.83 bits per heavy atom. The second-order valence-corrected chi connectivity index (χ2v) is 7.91. The van der Waals surface area contributed by atoms with Gasteiger partial charge >= 0.3 is 0 Å². The summed E-state index contributed by atoms with van der Waals surface area (Å²) in [5, 5.41) is 9.87.